The van der Waals surface area contributed by atoms with Crippen LogP contribution in [0, 0.1) is 0 Å². The second-order valence-corrected chi connectivity index (χ2v) is 11.6. The highest BCUT2D eigenvalue weighted by molar-refractivity contribution is 6.99. The number of hydrogen-bond donors (Lipinski definition) is 0. The first-order chi connectivity index (χ1) is 18.5. The van der Waals surface area contributed by atoms with Gasteiger partial charge in [0.25, 0.3) is 5.88 Å². The summed E-state index contributed by atoms with van der Waals surface area (Å²) >= 11 is 1.19. The van der Waals surface area contributed by atoms with Crippen molar-refractivity contribution in [1.82, 2.24) is 8.75 Å². The molecular formula is C30H54IN3O4S. The number of carbonyl (C=O) groups excluding carboxylic acids is 1. The summed E-state index contributed by atoms with van der Waals surface area (Å²) in [6.45, 7) is 9.13. The number of hydrogen-bond acceptors (Lipinski definition) is 7. The van der Waals surface area contributed by atoms with Crippen LogP contribution in [0.5, 0.6) is 5.88 Å². The molecule has 0 saturated carbocycles. The highest BCUT2D eigenvalue weighted by Crippen LogP contribution is 2.31. The number of unbranched alkanes of at least 4 members (excludes halogenated alkanes) is 13. The number of likely N-dealkylation sites (N-methyl/N-ethyl adjacent to an activating group) is 1. The smallest absolute Gasteiger partial charge is 0.512 e. The average molecular weight is 680 g/mol. The van der Waals surface area contributed by atoms with Crippen molar-refractivity contribution in [2.45, 2.75) is 130 Å². The molecule has 0 aromatic carbocycles. The molecule has 2 heterocycles. The minimum atomic E-state index is -0.563. The Morgan fingerprint density at radius 1 is 0.897 bits per heavy atom. The predicted molar refractivity (Wildman–Crippen MR) is 156 cm³/mol. The average Bonchev–Trinajstić information content (AvgIpc) is 3.38. The second-order valence-electron chi connectivity index (χ2n) is 11.1. The third-order valence-electron chi connectivity index (χ3n) is 7.67. The van der Waals surface area contributed by atoms with Crippen LogP contribution in [0.1, 0.15) is 129 Å². The minimum Gasteiger partial charge on any atom is -1.00 e. The van der Waals surface area contributed by atoms with E-state index in [2.05, 4.69) is 35.7 Å². The SMILES string of the molecule is CCCCCCCCCCCCCOC(=O)OC(C)[N+]1(C)CCC=C(c2nsnc2OCCCCCC)C1.[I-]. The zero-order valence-electron chi connectivity index (χ0n) is 25.1. The molecule has 0 amide bonds. The summed E-state index contributed by atoms with van der Waals surface area (Å²) in [5, 5.41) is 0. The molecule has 0 radical (unpaired) electrons. The third-order valence-corrected chi connectivity index (χ3v) is 8.19. The van der Waals surface area contributed by atoms with Crippen LogP contribution < -0.4 is 28.7 Å². The standard InChI is InChI=1S/C30H54N3O4S.HI/c1-5-7-9-11-12-13-14-15-16-17-19-24-36-30(34)37-26(3)33(4)22-20-21-27(25-33)28-29(32-38-31-28)35-23-18-10-8-6-2;/h21,26H,5-20,22-25H2,1-4H3;1H/q+1;/p-1. The van der Waals surface area contributed by atoms with Crippen molar-refractivity contribution in [3.8, 4) is 5.88 Å². The fourth-order valence-corrected chi connectivity index (χ4v) is 5.47. The van der Waals surface area contributed by atoms with Crippen molar-refractivity contribution in [1.29, 1.82) is 0 Å². The van der Waals surface area contributed by atoms with E-state index in [9.17, 15) is 4.79 Å². The first kappa shape index (κ1) is 36.1. The fraction of sp³-hybridized carbons (Fsp3) is 0.833. The van der Waals surface area contributed by atoms with E-state index in [1.807, 2.05) is 6.92 Å². The molecule has 0 spiro atoms. The van der Waals surface area contributed by atoms with Crippen molar-refractivity contribution < 1.29 is 47.5 Å². The lowest BCUT2D eigenvalue weighted by atomic mass is 10.0. The second kappa shape index (κ2) is 21.8. The Morgan fingerprint density at radius 3 is 2.10 bits per heavy atom. The number of rotatable bonds is 21. The molecule has 0 aliphatic carbocycles. The van der Waals surface area contributed by atoms with Crippen molar-refractivity contribution in [3.63, 3.8) is 0 Å². The van der Waals surface area contributed by atoms with Crippen LogP contribution >= 0.6 is 11.7 Å². The Morgan fingerprint density at radius 2 is 1.46 bits per heavy atom. The summed E-state index contributed by atoms with van der Waals surface area (Å²) in [6, 6.07) is 0. The lowest BCUT2D eigenvalue weighted by molar-refractivity contribution is -0.944. The summed E-state index contributed by atoms with van der Waals surface area (Å²) in [5.41, 5.74) is 1.95. The van der Waals surface area contributed by atoms with Gasteiger partial charge in [0.05, 0.1) is 38.5 Å². The van der Waals surface area contributed by atoms with Gasteiger partial charge in [0.1, 0.15) is 12.2 Å². The molecule has 0 fully saturated rings. The Kier molecular flexibility index (Phi) is 20.1. The van der Waals surface area contributed by atoms with Crippen molar-refractivity contribution >= 4 is 23.5 Å². The maximum Gasteiger partial charge on any atom is 0.512 e. The van der Waals surface area contributed by atoms with E-state index in [1.54, 1.807) is 0 Å². The molecule has 0 bridgehead atoms. The molecule has 0 saturated heterocycles. The lowest BCUT2D eigenvalue weighted by Crippen LogP contribution is -3.00. The zero-order chi connectivity index (χ0) is 27.5. The molecule has 0 N–H and O–H groups in total. The van der Waals surface area contributed by atoms with E-state index in [1.165, 1.54) is 88.8 Å². The van der Waals surface area contributed by atoms with Gasteiger partial charge in [-0.15, -0.1) is 4.37 Å². The fourth-order valence-electron chi connectivity index (χ4n) is 4.94. The van der Waals surface area contributed by atoms with Gasteiger partial charge < -0.3 is 38.2 Å². The maximum absolute atomic E-state index is 12.4. The quantitative estimate of drug-likeness (QED) is 0.0736. The number of carbonyl (C=O) groups is 1. The summed E-state index contributed by atoms with van der Waals surface area (Å²) in [5.74, 6) is 0.631. The molecule has 7 nitrogen and oxygen atoms in total. The molecule has 226 valence electrons. The van der Waals surface area contributed by atoms with E-state index in [-0.39, 0.29) is 30.2 Å². The van der Waals surface area contributed by atoms with Crippen molar-refractivity contribution in [2.75, 3.05) is 33.4 Å². The molecule has 2 unspecified atom stereocenters. The zero-order valence-corrected chi connectivity index (χ0v) is 28.0. The highest BCUT2D eigenvalue weighted by atomic mass is 127. The van der Waals surface area contributed by atoms with Gasteiger partial charge in [0, 0.05) is 18.9 Å². The Labute approximate surface area is 259 Å². The molecule has 1 aromatic heterocycles. The van der Waals surface area contributed by atoms with Crippen LogP contribution in [0.25, 0.3) is 5.57 Å². The van der Waals surface area contributed by atoms with Crippen LogP contribution in [0.15, 0.2) is 6.08 Å². The Bertz CT molecular complexity index is 807. The molecule has 1 aliphatic heterocycles. The maximum atomic E-state index is 12.4. The van der Waals surface area contributed by atoms with Gasteiger partial charge in [-0.3, -0.25) is 4.48 Å². The number of ether oxygens (including phenoxy) is 3. The summed E-state index contributed by atoms with van der Waals surface area (Å²) in [6.07, 6.45) is 20.9. The molecule has 2 atom stereocenters. The summed E-state index contributed by atoms with van der Waals surface area (Å²) in [4.78, 5) is 12.4. The van der Waals surface area contributed by atoms with Crippen molar-refractivity contribution in [3.05, 3.63) is 11.8 Å². The highest BCUT2D eigenvalue weighted by Gasteiger charge is 2.37. The van der Waals surface area contributed by atoms with Gasteiger partial charge in [-0.25, -0.2) is 4.79 Å². The molecular weight excluding hydrogens is 625 g/mol. The van der Waals surface area contributed by atoms with Crippen LogP contribution in [0.4, 0.5) is 4.79 Å². The summed E-state index contributed by atoms with van der Waals surface area (Å²) in [7, 11) is 2.12. The van der Waals surface area contributed by atoms with Gasteiger partial charge in [0.15, 0.2) is 0 Å². The Balaban J connectivity index is 0.00000760. The molecule has 2 rings (SSSR count). The van der Waals surface area contributed by atoms with Gasteiger partial charge in [-0.05, 0) is 12.8 Å². The molecule has 39 heavy (non-hydrogen) atoms. The third kappa shape index (κ3) is 14.5. The largest absolute Gasteiger partial charge is 1.00 e. The van der Waals surface area contributed by atoms with E-state index >= 15 is 0 Å². The molecule has 1 aliphatic rings. The normalized spacial score (nSPS) is 17.7. The first-order valence-corrected chi connectivity index (χ1v) is 16.1. The first-order valence-electron chi connectivity index (χ1n) is 15.3. The van der Waals surface area contributed by atoms with Crippen LogP contribution in [0.3, 0.4) is 0 Å². The molecule has 1 aromatic rings. The number of halogens is 1. The summed E-state index contributed by atoms with van der Waals surface area (Å²) < 4.78 is 26.6. The molecule has 9 heteroatoms. The predicted octanol–water partition coefficient (Wildman–Crippen LogP) is 5.55. The van der Waals surface area contributed by atoms with Crippen LogP contribution in [-0.4, -0.2) is 59.0 Å². The van der Waals surface area contributed by atoms with Gasteiger partial charge in [0.2, 0.25) is 6.23 Å². The van der Waals surface area contributed by atoms with Crippen LogP contribution in [-0.2, 0) is 9.47 Å². The Hall–Kier alpha value is -0.940. The lowest BCUT2D eigenvalue weighted by Gasteiger charge is -2.41. The van der Waals surface area contributed by atoms with Gasteiger partial charge in [-0.2, -0.15) is 4.37 Å². The van der Waals surface area contributed by atoms with E-state index in [4.69, 9.17) is 14.2 Å². The van der Waals surface area contributed by atoms with Gasteiger partial charge in [-0.1, -0.05) is 103 Å². The van der Waals surface area contributed by atoms with Crippen molar-refractivity contribution in [2.24, 2.45) is 0 Å². The van der Waals surface area contributed by atoms with E-state index in [0.717, 1.165) is 43.5 Å². The number of nitrogens with zero attached hydrogens (tertiary/aromatic N) is 3. The topological polar surface area (TPSA) is 70.5 Å². The minimum absolute atomic E-state index is 0. The number of aromatic nitrogens is 2. The van der Waals surface area contributed by atoms with E-state index in [0.29, 0.717) is 30.1 Å². The monoisotopic (exact) mass is 679 g/mol. The van der Waals surface area contributed by atoms with E-state index < -0.39 is 6.16 Å². The number of quaternary nitrogens is 1. The van der Waals surface area contributed by atoms with Gasteiger partial charge >= 0.3 is 6.16 Å². The van der Waals surface area contributed by atoms with Crippen LogP contribution in [0.2, 0.25) is 0 Å².